The quantitative estimate of drug-likeness (QED) is 0.426. The Balaban J connectivity index is 2.76. The minimum Gasteiger partial charge on any atom is -0.142 e. The highest BCUT2D eigenvalue weighted by molar-refractivity contribution is 8.17. The van der Waals surface area contributed by atoms with Crippen LogP contribution in [0, 0.1) is 0 Å². The fourth-order valence-corrected chi connectivity index (χ4v) is 8.37. The SMILES string of the molecule is CCSC(SCC)c1ccc(C(SCC)SCC)s1. The average Bonchev–Trinajstić information content (AvgIpc) is 2.87. The summed E-state index contributed by atoms with van der Waals surface area (Å²) in [6.45, 7) is 9.02. The summed E-state index contributed by atoms with van der Waals surface area (Å²) in [5, 5.41) is 0. The van der Waals surface area contributed by atoms with Gasteiger partial charge in [0.1, 0.15) is 0 Å². The second kappa shape index (κ2) is 10.8. The Morgan fingerprint density at radius 3 is 1.32 bits per heavy atom. The molecule has 0 saturated heterocycles. The molecule has 0 aliphatic rings. The van der Waals surface area contributed by atoms with Crippen LogP contribution in [-0.4, -0.2) is 23.0 Å². The molecule has 0 saturated carbocycles. The lowest BCUT2D eigenvalue weighted by atomic mass is 10.4. The van der Waals surface area contributed by atoms with Crippen molar-refractivity contribution in [2.45, 2.75) is 36.9 Å². The number of rotatable bonds is 10. The third-order valence-corrected chi connectivity index (χ3v) is 9.39. The molecule has 19 heavy (non-hydrogen) atoms. The largest absolute Gasteiger partial charge is 0.142 e. The summed E-state index contributed by atoms with van der Waals surface area (Å²) in [5.41, 5.74) is 0. The minimum absolute atomic E-state index is 0.632. The van der Waals surface area contributed by atoms with E-state index in [1.165, 1.54) is 23.0 Å². The van der Waals surface area contributed by atoms with E-state index in [4.69, 9.17) is 0 Å². The Morgan fingerprint density at radius 1 is 0.737 bits per heavy atom. The molecular formula is C14H24S5. The Morgan fingerprint density at radius 2 is 1.05 bits per heavy atom. The number of hydrogen-bond donors (Lipinski definition) is 0. The van der Waals surface area contributed by atoms with E-state index < -0.39 is 0 Å². The molecule has 0 fully saturated rings. The smallest absolute Gasteiger partial charge is 0.0843 e. The lowest BCUT2D eigenvalue weighted by Crippen LogP contribution is -1.88. The van der Waals surface area contributed by atoms with Crippen LogP contribution in [-0.2, 0) is 0 Å². The zero-order valence-corrected chi connectivity index (χ0v) is 16.3. The molecule has 0 aliphatic heterocycles. The molecule has 1 heterocycles. The van der Waals surface area contributed by atoms with Crippen molar-refractivity contribution in [2.75, 3.05) is 23.0 Å². The van der Waals surface area contributed by atoms with Gasteiger partial charge in [-0.2, -0.15) is 0 Å². The Hall–Kier alpha value is 1.10. The van der Waals surface area contributed by atoms with Crippen molar-refractivity contribution >= 4 is 58.4 Å². The lowest BCUT2D eigenvalue weighted by molar-refractivity contribution is 1.41. The van der Waals surface area contributed by atoms with Crippen LogP contribution in [0.1, 0.15) is 46.6 Å². The van der Waals surface area contributed by atoms with Gasteiger partial charge in [0.2, 0.25) is 0 Å². The molecule has 0 spiro atoms. The summed E-state index contributed by atoms with van der Waals surface area (Å²) in [4.78, 5) is 3.10. The van der Waals surface area contributed by atoms with Crippen LogP contribution in [0.2, 0.25) is 0 Å². The maximum Gasteiger partial charge on any atom is 0.0843 e. The van der Waals surface area contributed by atoms with Crippen LogP contribution in [0.25, 0.3) is 0 Å². The predicted molar refractivity (Wildman–Crippen MR) is 102 cm³/mol. The van der Waals surface area contributed by atoms with Gasteiger partial charge in [-0.1, -0.05) is 27.7 Å². The van der Waals surface area contributed by atoms with Crippen molar-refractivity contribution in [3.8, 4) is 0 Å². The molecule has 0 radical (unpaired) electrons. The first-order valence-electron chi connectivity index (χ1n) is 6.82. The monoisotopic (exact) mass is 352 g/mol. The van der Waals surface area contributed by atoms with Gasteiger partial charge in [0.25, 0.3) is 0 Å². The molecule has 0 atom stereocenters. The zero-order valence-electron chi connectivity index (χ0n) is 12.2. The van der Waals surface area contributed by atoms with E-state index in [9.17, 15) is 0 Å². The van der Waals surface area contributed by atoms with Crippen molar-refractivity contribution < 1.29 is 0 Å². The Labute approximate surface area is 139 Å². The Kier molecular flexibility index (Phi) is 10.3. The van der Waals surface area contributed by atoms with Crippen molar-refractivity contribution in [2.24, 2.45) is 0 Å². The highest BCUT2D eigenvalue weighted by Gasteiger charge is 2.18. The first-order valence-corrected chi connectivity index (χ1v) is 11.8. The van der Waals surface area contributed by atoms with Gasteiger partial charge in [-0.25, -0.2) is 0 Å². The average molecular weight is 353 g/mol. The highest BCUT2D eigenvalue weighted by atomic mass is 32.2. The fourth-order valence-electron chi connectivity index (χ4n) is 1.65. The molecule has 0 bridgehead atoms. The minimum atomic E-state index is 0.632. The fraction of sp³-hybridized carbons (Fsp3) is 0.714. The van der Waals surface area contributed by atoms with Gasteiger partial charge >= 0.3 is 0 Å². The summed E-state index contributed by atoms with van der Waals surface area (Å²) in [5.74, 6) is 4.78. The van der Waals surface area contributed by atoms with Crippen molar-refractivity contribution in [1.82, 2.24) is 0 Å². The van der Waals surface area contributed by atoms with E-state index in [0.717, 1.165) is 0 Å². The number of thioether (sulfide) groups is 4. The van der Waals surface area contributed by atoms with Crippen LogP contribution < -0.4 is 0 Å². The van der Waals surface area contributed by atoms with Gasteiger partial charge in [0.05, 0.1) is 9.16 Å². The molecule has 0 unspecified atom stereocenters. The third kappa shape index (κ3) is 6.16. The zero-order chi connectivity index (χ0) is 14.1. The topological polar surface area (TPSA) is 0 Å². The molecule has 0 N–H and O–H groups in total. The predicted octanol–water partition coefficient (Wildman–Crippen LogP) is 6.76. The molecule has 5 heteroatoms. The molecule has 0 aliphatic carbocycles. The molecule has 0 amide bonds. The van der Waals surface area contributed by atoms with E-state index in [2.05, 4.69) is 86.9 Å². The third-order valence-electron chi connectivity index (χ3n) is 2.38. The first kappa shape index (κ1) is 18.1. The van der Waals surface area contributed by atoms with E-state index in [1.54, 1.807) is 9.75 Å². The molecule has 1 rings (SSSR count). The van der Waals surface area contributed by atoms with Gasteiger partial charge in [0.15, 0.2) is 0 Å². The maximum atomic E-state index is 2.36. The first-order chi connectivity index (χ1) is 9.26. The molecule has 110 valence electrons. The Bertz CT molecular complexity index is 294. The van der Waals surface area contributed by atoms with E-state index in [0.29, 0.717) is 9.16 Å². The van der Waals surface area contributed by atoms with Crippen LogP contribution in [0.15, 0.2) is 12.1 Å². The van der Waals surface area contributed by atoms with Gasteiger partial charge < -0.3 is 0 Å². The summed E-state index contributed by atoms with van der Waals surface area (Å²) in [7, 11) is 0. The summed E-state index contributed by atoms with van der Waals surface area (Å²) in [6.07, 6.45) is 0. The molecule has 1 aromatic heterocycles. The maximum absolute atomic E-state index is 2.36. The molecule has 1 aromatic rings. The van der Waals surface area contributed by atoms with Crippen LogP contribution in [0.3, 0.4) is 0 Å². The summed E-state index contributed by atoms with van der Waals surface area (Å²) in [6, 6.07) is 4.71. The van der Waals surface area contributed by atoms with Crippen LogP contribution in [0.5, 0.6) is 0 Å². The molecular weight excluding hydrogens is 328 g/mol. The van der Waals surface area contributed by atoms with Gasteiger partial charge in [0, 0.05) is 9.75 Å². The number of hydrogen-bond acceptors (Lipinski definition) is 5. The second-order valence-electron chi connectivity index (χ2n) is 3.73. The van der Waals surface area contributed by atoms with Gasteiger partial charge in [-0.15, -0.1) is 58.4 Å². The van der Waals surface area contributed by atoms with Crippen LogP contribution in [0.4, 0.5) is 0 Å². The normalized spacial score (nSPS) is 11.7. The van der Waals surface area contributed by atoms with E-state index in [1.807, 2.05) is 11.3 Å². The van der Waals surface area contributed by atoms with Crippen molar-refractivity contribution in [1.29, 1.82) is 0 Å². The second-order valence-corrected chi connectivity index (χ2v) is 11.0. The van der Waals surface area contributed by atoms with Gasteiger partial charge in [-0.05, 0) is 35.1 Å². The standard InChI is InChI=1S/C14H24S5/c1-5-15-13(16-6-2)11-9-10-12(19-11)14(17-7-3)18-8-4/h9-10,13-14H,5-8H2,1-4H3. The van der Waals surface area contributed by atoms with E-state index in [-0.39, 0.29) is 0 Å². The van der Waals surface area contributed by atoms with Gasteiger partial charge in [-0.3, -0.25) is 0 Å². The summed E-state index contributed by atoms with van der Waals surface area (Å²) < 4.78 is 1.26. The highest BCUT2D eigenvalue weighted by Crippen LogP contribution is 2.47. The molecule has 0 nitrogen and oxygen atoms in total. The number of thiophene rings is 1. The van der Waals surface area contributed by atoms with E-state index >= 15 is 0 Å². The summed E-state index contributed by atoms with van der Waals surface area (Å²) >= 11 is 10.3. The van der Waals surface area contributed by atoms with Crippen molar-refractivity contribution in [3.05, 3.63) is 21.9 Å². The van der Waals surface area contributed by atoms with Crippen LogP contribution >= 0.6 is 58.4 Å². The molecule has 0 aromatic carbocycles. The van der Waals surface area contributed by atoms with Crippen molar-refractivity contribution in [3.63, 3.8) is 0 Å². The lowest BCUT2D eigenvalue weighted by Gasteiger charge is -2.14.